The number of rotatable bonds is 8. The second-order valence-electron chi connectivity index (χ2n) is 6.83. The summed E-state index contributed by atoms with van der Waals surface area (Å²) >= 11 is 2.15. The van der Waals surface area contributed by atoms with Crippen molar-refractivity contribution in [2.24, 2.45) is 5.92 Å². The lowest BCUT2D eigenvalue weighted by Crippen LogP contribution is -2.49. The van der Waals surface area contributed by atoms with Crippen molar-refractivity contribution in [3.05, 3.63) is 21.3 Å². The molecule has 2 rings (SSSR count). The summed E-state index contributed by atoms with van der Waals surface area (Å²) in [7, 11) is 3.16. The standard InChI is InChI=1S/C19H29IN2O4/c1-13(2)9-14(22-5-7-26-8-6-22)12-21-19(23)15-10-17(24-3)18(25-4)11-16(15)20/h10-11,13-14H,5-9,12H2,1-4H3,(H,21,23). The Morgan fingerprint density at radius 1 is 1.23 bits per heavy atom. The fourth-order valence-electron chi connectivity index (χ4n) is 3.18. The first kappa shape index (κ1) is 21.2. The molecule has 0 saturated carbocycles. The Labute approximate surface area is 169 Å². The molecule has 1 N–H and O–H groups in total. The van der Waals surface area contributed by atoms with Crippen LogP contribution in [0.15, 0.2) is 12.1 Å². The summed E-state index contributed by atoms with van der Waals surface area (Å²) in [5.41, 5.74) is 0.605. The summed E-state index contributed by atoms with van der Waals surface area (Å²) in [5.74, 6) is 1.67. The molecular weight excluding hydrogens is 447 g/mol. The lowest BCUT2D eigenvalue weighted by molar-refractivity contribution is 0.0124. The van der Waals surface area contributed by atoms with Crippen LogP contribution in [0.25, 0.3) is 0 Å². The van der Waals surface area contributed by atoms with Crippen LogP contribution in [0.2, 0.25) is 0 Å². The van der Waals surface area contributed by atoms with E-state index >= 15 is 0 Å². The highest BCUT2D eigenvalue weighted by Gasteiger charge is 2.23. The van der Waals surface area contributed by atoms with Crippen LogP contribution in [0.3, 0.4) is 0 Å². The van der Waals surface area contributed by atoms with Crippen molar-refractivity contribution < 1.29 is 19.0 Å². The van der Waals surface area contributed by atoms with Crippen LogP contribution >= 0.6 is 22.6 Å². The van der Waals surface area contributed by atoms with Crippen molar-refractivity contribution in [1.29, 1.82) is 0 Å². The summed E-state index contributed by atoms with van der Waals surface area (Å²) in [6.45, 7) is 8.41. The molecule has 1 aliphatic heterocycles. The van der Waals surface area contributed by atoms with Gasteiger partial charge in [0.1, 0.15) is 0 Å². The molecular formula is C19H29IN2O4. The number of nitrogens with one attached hydrogen (secondary N) is 1. The fourth-order valence-corrected chi connectivity index (χ4v) is 3.87. The van der Waals surface area contributed by atoms with Gasteiger partial charge in [-0.3, -0.25) is 9.69 Å². The summed E-state index contributed by atoms with van der Waals surface area (Å²) in [4.78, 5) is 15.2. The van der Waals surface area contributed by atoms with E-state index in [1.165, 1.54) is 0 Å². The van der Waals surface area contributed by atoms with Crippen molar-refractivity contribution in [3.63, 3.8) is 0 Å². The van der Waals surface area contributed by atoms with Crippen LogP contribution in [0, 0.1) is 9.49 Å². The van der Waals surface area contributed by atoms with Crippen molar-refractivity contribution in [2.75, 3.05) is 47.1 Å². The maximum Gasteiger partial charge on any atom is 0.252 e. The maximum atomic E-state index is 12.8. The number of benzene rings is 1. The molecule has 1 aromatic carbocycles. The van der Waals surface area contributed by atoms with Gasteiger partial charge in [0, 0.05) is 29.2 Å². The van der Waals surface area contributed by atoms with Gasteiger partial charge in [-0.15, -0.1) is 0 Å². The van der Waals surface area contributed by atoms with Gasteiger partial charge in [0.15, 0.2) is 11.5 Å². The number of hydrogen-bond acceptors (Lipinski definition) is 5. The largest absolute Gasteiger partial charge is 0.493 e. The molecule has 7 heteroatoms. The first-order valence-corrected chi connectivity index (χ1v) is 10.1. The average Bonchev–Trinajstić information content (AvgIpc) is 2.64. The lowest BCUT2D eigenvalue weighted by atomic mass is 10.0. The number of nitrogens with zero attached hydrogens (tertiary/aromatic N) is 1. The minimum atomic E-state index is -0.0858. The number of methoxy groups -OCH3 is 2. The Hall–Kier alpha value is -1.06. The van der Waals surface area contributed by atoms with E-state index in [2.05, 4.69) is 46.7 Å². The molecule has 1 unspecified atom stereocenters. The molecule has 1 aliphatic rings. The van der Waals surface area contributed by atoms with Crippen LogP contribution in [0.4, 0.5) is 0 Å². The van der Waals surface area contributed by atoms with Gasteiger partial charge in [0.05, 0.1) is 33.0 Å². The number of amides is 1. The molecule has 1 aromatic rings. The third kappa shape index (κ3) is 5.72. The van der Waals surface area contributed by atoms with Crippen molar-refractivity contribution in [2.45, 2.75) is 26.3 Å². The van der Waals surface area contributed by atoms with E-state index in [1.807, 2.05) is 6.07 Å². The average molecular weight is 476 g/mol. The van der Waals surface area contributed by atoms with Crippen LogP contribution in [0.5, 0.6) is 11.5 Å². The van der Waals surface area contributed by atoms with E-state index in [4.69, 9.17) is 14.2 Å². The SMILES string of the molecule is COc1cc(I)c(C(=O)NCC(CC(C)C)N2CCOCC2)cc1OC. The molecule has 146 valence electrons. The predicted octanol–water partition coefficient (Wildman–Crippen LogP) is 2.79. The third-order valence-corrected chi connectivity index (χ3v) is 5.41. The molecule has 6 nitrogen and oxygen atoms in total. The van der Waals surface area contributed by atoms with Gasteiger partial charge in [-0.25, -0.2) is 0 Å². The van der Waals surface area contributed by atoms with Gasteiger partial charge in [0.2, 0.25) is 0 Å². The zero-order valence-corrected chi connectivity index (χ0v) is 18.2. The number of carbonyl (C=O) groups is 1. The second-order valence-corrected chi connectivity index (χ2v) is 7.99. The van der Waals surface area contributed by atoms with Crippen molar-refractivity contribution in [1.82, 2.24) is 10.2 Å². The van der Waals surface area contributed by atoms with Crippen molar-refractivity contribution in [3.8, 4) is 11.5 Å². The van der Waals surface area contributed by atoms with Crippen LogP contribution in [-0.2, 0) is 4.74 Å². The summed E-state index contributed by atoms with van der Waals surface area (Å²) in [6.07, 6.45) is 1.04. The number of ether oxygens (including phenoxy) is 3. The van der Waals surface area contributed by atoms with Gasteiger partial charge in [0.25, 0.3) is 5.91 Å². The Balaban J connectivity index is 2.07. The van der Waals surface area contributed by atoms with Gasteiger partial charge in [-0.1, -0.05) is 13.8 Å². The highest BCUT2D eigenvalue weighted by Crippen LogP contribution is 2.31. The molecule has 1 saturated heterocycles. The third-order valence-electron chi connectivity index (χ3n) is 4.52. The molecule has 0 spiro atoms. The Morgan fingerprint density at radius 3 is 2.42 bits per heavy atom. The first-order valence-electron chi connectivity index (χ1n) is 8.97. The smallest absolute Gasteiger partial charge is 0.252 e. The minimum Gasteiger partial charge on any atom is -0.493 e. The van der Waals surface area contributed by atoms with Gasteiger partial charge >= 0.3 is 0 Å². The van der Waals surface area contributed by atoms with E-state index in [9.17, 15) is 4.79 Å². The Morgan fingerprint density at radius 2 is 1.85 bits per heavy atom. The molecule has 0 bridgehead atoms. The van der Waals surface area contributed by atoms with Crippen LogP contribution < -0.4 is 14.8 Å². The first-order chi connectivity index (χ1) is 12.5. The molecule has 0 aromatic heterocycles. The van der Waals surface area contributed by atoms with E-state index in [0.717, 1.165) is 36.3 Å². The number of halogens is 1. The molecule has 1 fully saturated rings. The van der Waals surface area contributed by atoms with E-state index < -0.39 is 0 Å². The van der Waals surface area contributed by atoms with Gasteiger partial charge < -0.3 is 19.5 Å². The maximum absolute atomic E-state index is 12.8. The lowest BCUT2D eigenvalue weighted by Gasteiger charge is -2.35. The Kier molecular flexibility index (Phi) is 8.43. The number of carbonyl (C=O) groups excluding carboxylic acids is 1. The molecule has 0 aliphatic carbocycles. The topological polar surface area (TPSA) is 60.0 Å². The van der Waals surface area contributed by atoms with E-state index in [-0.39, 0.29) is 5.91 Å². The minimum absolute atomic E-state index is 0.0858. The second kappa shape index (κ2) is 10.3. The van der Waals surface area contributed by atoms with E-state index in [1.54, 1.807) is 20.3 Å². The zero-order valence-electron chi connectivity index (χ0n) is 16.0. The summed E-state index contributed by atoms with van der Waals surface area (Å²) < 4.78 is 16.9. The summed E-state index contributed by atoms with van der Waals surface area (Å²) in [5, 5.41) is 3.11. The molecule has 1 heterocycles. The fraction of sp³-hybridized carbons (Fsp3) is 0.632. The molecule has 26 heavy (non-hydrogen) atoms. The molecule has 1 amide bonds. The normalized spacial score (nSPS) is 16.4. The van der Waals surface area contributed by atoms with Gasteiger partial charge in [-0.2, -0.15) is 0 Å². The molecule has 1 atom stereocenters. The zero-order chi connectivity index (χ0) is 19.1. The Bertz CT molecular complexity index is 603. The van der Waals surface area contributed by atoms with Crippen LogP contribution in [-0.4, -0.2) is 63.9 Å². The van der Waals surface area contributed by atoms with Crippen molar-refractivity contribution >= 4 is 28.5 Å². The summed E-state index contributed by atoms with van der Waals surface area (Å²) in [6, 6.07) is 3.88. The number of morpholine rings is 1. The van der Waals surface area contributed by atoms with Crippen LogP contribution in [0.1, 0.15) is 30.6 Å². The monoisotopic (exact) mass is 476 g/mol. The van der Waals surface area contributed by atoms with E-state index in [0.29, 0.717) is 35.6 Å². The highest BCUT2D eigenvalue weighted by molar-refractivity contribution is 14.1. The molecule has 0 radical (unpaired) electrons. The van der Waals surface area contributed by atoms with Gasteiger partial charge in [-0.05, 0) is 47.1 Å². The number of hydrogen-bond donors (Lipinski definition) is 1. The quantitative estimate of drug-likeness (QED) is 0.585. The highest BCUT2D eigenvalue weighted by atomic mass is 127. The predicted molar refractivity (Wildman–Crippen MR) is 110 cm³/mol.